The highest BCUT2D eigenvalue weighted by Gasteiger charge is 2.40. The smallest absolute Gasteiger partial charge is 0.302 e. The number of rotatable bonds is 12. The van der Waals surface area contributed by atoms with E-state index in [2.05, 4.69) is 12.2 Å². The number of unbranched alkanes of at least 4 members (excludes halogenated alkanes) is 1. The average Bonchev–Trinajstić information content (AvgIpc) is 3.09. The van der Waals surface area contributed by atoms with Crippen molar-refractivity contribution < 1.29 is 27.8 Å². The SMILES string of the molecule is CCCCC(F)(F)C(C)CCC1CCC(OC(C)=O)C1CC=CCC1OCCCO1. The number of alkyl halides is 2. The van der Waals surface area contributed by atoms with Gasteiger partial charge in [0.2, 0.25) is 0 Å². The van der Waals surface area contributed by atoms with Crippen molar-refractivity contribution in [3.8, 4) is 0 Å². The van der Waals surface area contributed by atoms with E-state index in [0.29, 0.717) is 25.2 Å². The number of ether oxygens (including phenoxy) is 3. The van der Waals surface area contributed by atoms with Gasteiger partial charge in [0.1, 0.15) is 6.10 Å². The lowest BCUT2D eigenvalue weighted by Crippen LogP contribution is -2.28. The summed E-state index contributed by atoms with van der Waals surface area (Å²) in [6.07, 6.45) is 10.7. The predicted octanol–water partition coefficient (Wildman–Crippen LogP) is 6.29. The molecule has 0 aromatic carbocycles. The fourth-order valence-corrected chi connectivity index (χ4v) is 4.64. The largest absolute Gasteiger partial charge is 0.462 e. The molecule has 1 heterocycles. The van der Waals surface area contributed by atoms with Crippen LogP contribution in [0.1, 0.15) is 85.0 Å². The van der Waals surface area contributed by atoms with E-state index in [1.54, 1.807) is 6.92 Å². The van der Waals surface area contributed by atoms with E-state index in [0.717, 1.165) is 51.7 Å². The maximum absolute atomic E-state index is 14.3. The van der Waals surface area contributed by atoms with Crippen molar-refractivity contribution in [2.45, 2.75) is 103 Å². The molecule has 30 heavy (non-hydrogen) atoms. The molecule has 0 N–H and O–H groups in total. The van der Waals surface area contributed by atoms with Gasteiger partial charge in [-0.05, 0) is 50.9 Å². The van der Waals surface area contributed by atoms with Gasteiger partial charge >= 0.3 is 5.97 Å². The van der Waals surface area contributed by atoms with Crippen molar-refractivity contribution >= 4 is 5.97 Å². The van der Waals surface area contributed by atoms with Crippen LogP contribution in [-0.4, -0.2) is 37.5 Å². The summed E-state index contributed by atoms with van der Waals surface area (Å²) >= 11 is 0. The van der Waals surface area contributed by atoms with Crippen molar-refractivity contribution in [2.24, 2.45) is 17.8 Å². The molecule has 0 aromatic rings. The fourth-order valence-electron chi connectivity index (χ4n) is 4.64. The molecule has 0 aromatic heterocycles. The lowest BCUT2D eigenvalue weighted by atomic mass is 9.84. The molecule has 4 nitrogen and oxygen atoms in total. The van der Waals surface area contributed by atoms with E-state index in [1.807, 2.05) is 6.92 Å². The van der Waals surface area contributed by atoms with E-state index >= 15 is 0 Å². The second kappa shape index (κ2) is 12.7. The van der Waals surface area contributed by atoms with Crippen LogP contribution in [0.2, 0.25) is 0 Å². The fraction of sp³-hybridized carbons (Fsp3) is 0.875. The van der Waals surface area contributed by atoms with Gasteiger partial charge in [-0.15, -0.1) is 0 Å². The van der Waals surface area contributed by atoms with Crippen LogP contribution in [0, 0.1) is 17.8 Å². The molecule has 4 atom stereocenters. The van der Waals surface area contributed by atoms with Crippen molar-refractivity contribution in [3.63, 3.8) is 0 Å². The Morgan fingerprint density at radius 3 is 2.57 bits per heavy atom. The highest BCUT2D eigenvalue weighted by Crippen LogP contribution is 2.42. The Morgan fingerprint density at radius 2 is 1.90 bits per heavy atom. The molecule has 0 radical (unpaired) electrons. The Morgan fingerprint density at radius 1 is 1.20 bits per heavy atom. The lowest BCUT2D eigenvalue weighted by molar-refractivity contribution is -0.175. The van der Waals surface area contributed by atoms with Crippen molar-refractivity contribution in [2.75, 3.05) is 13.2 Å². The Balaban J connectivity index is 1.87. The van der Waals surface area contributed by atoms with E-state index in [-0.39, 0.29) is 30.7 Å². The summed E-state index contributed by atoms with van der Waals surface area (Å²) in [6.45, 7) is 6.53. The van der Waals surface area contributed by atoms with E-state index < -0.39 is 11.8 Å². The monoisotopic (exact) mass is 430 g/mol. The number of halogens is 2. The molecule has 0 bridgehead atoms. The number of hydrogen-bond acceptors (Lipinski definition) is 4. The zero-order valence-electron chi connectivity index (χ0n) is 18.9. The summed E-state index contributed by atoms with van der Waals surface area (Å²) < 4.78 is 45.4. The minimum Gasteiger partial charge on any atom is -0.462 e. The molecule has 6 heteroatoms. The van der Waals surface area contributed by atoms with Crippen molar-refractivity contribution in [3.05, 3.63) is 12.2 Å². The van der Waals surface area contributed by atoms with E-state index in [1.165, 1.54) is 6.92 Å². The van der Waals surface area contributed by atoms with Crippen LogP contribution in [0.15, 0.2) is 12.2 Å². The van der Waals surface area contributed by atoms with Gasteiger partial charge in [-0.2, -0.15) is 0 Å². The standard InChI is InChI=1S/C24H40F2O4/c1-4-5-15-24(25,26)18(2)11-12-20-13-14-22(30-19(3)27)21(20)9-6-7-10-23-28-16-8-17-29-23/h6-7,18,20-23H,4-5,8-17H2,1-3H3. The highest BCUT2D eigenvalue weighted by molar-refractivity contribution is 5.66. The molecule has 1 aliphatic heterocycles. The summed E-state index contributed by atoms with van der Waals surface area (Å²) in [5, 5.41) is 0. The quantitative estimate of drug-likeness (QED) is 0.270. The first-order valence-electron chi connectivity index (χ1n) is 11.8. The third-order valence-electron chi connectivity index (χ3n) is 6.58. The summed E-state index contributed by atoms with van der Waals surface area (Å²) in [5.74, 6) is -2.98. The van der Waals surface area contributed by atoms with Crippen LogP contribution in [-0.2, 0) is 19.0 Å². The molecule has 174 valence electrons. The van der Waals surface area contributed by atoms with Gasteiger partial charge < -0.3 is 14.2 Å². The van der Waals surface area contributed by atoms with E-state index in [9.17, 15) is 13.6 Å². The van der Waals surface area contributed by atoms with Crippen LogP contribution in [0.4, 0.5) is 8.78 Å². The Labute approximate surface area is 180 Å². The Kier molecular flexibility index (Phi) is 10.7. The predicted molar refractivity (Wildman–Crippen MR) is 113 cm³/mol. The van der Waals surface area contributed by atoms with Gasteiger partial charge in [-0.1, -0.05) is 32.4 Å². The van der Waals surface area contributed by atoms with Crippen molar-refractivity contribution in [1.29, 1.82) is 0 Å². The second-order valence-corrected chi connectivity index (χ2v) is 8.96. The van der Waals surface area contributed by atoms with Gasteiger partial charge in [0.05, 0.1) is 13.2 Å². The number of hydrogen-bond donors (Lipinski definition) is 0. The molecule has 1 aliphatic carbocycles. The minimum absolute atomic E-state index is 0.0249. The zero-order chi connectivity index (χ0) is 22.0. The Hall–Kier alpha value is -1.01. The first-order valence-corrected chi connectivity index (χ1v) is 11.8. The Bertz CT molecular complexity index is 531. The number of esters is 1. The summed E-state index contributed by atoms with van der Waals surface area (Å²) in [6, 6.07) is 0. The van der Waals surface area contributed by atoms with Gasteiger partial charge in [0, 0.05) is 31.6 Å². The number of carbonyl (C=O) groups is 1. The molecule has 2 fully saturated rings. The first kappa shape index (κ1) is 25.3. The second-order valence-electron chi connectivity index (χ2n) is 8.96. The van der Waals surface area contributed by atoms with E-state index in [4.69, 9.17) is 14.2 Å². The molecular weight excluding hydrogens is 390 g/mol. The molecule has 1 saturated heterocycles. The van der Waals surface area contributed by atoms with Crippen LogP contribution < -0.4 is 0 Å². The van der Waals surface area contributed by atoms with Crippen LogP contribution in [0.25, 0.3) is 0 Å². The molecule has 2 aliphatic rings. The van der Waals surface area contributed by atoms with Crippen LogP contribution in [0.3, 0.4) is 0 Å². The topological polar surface area (TPSA) is 44.8 Å². The molecule has 4 unspecified atom stereocenters. The zero-order valence-corrected chi connectivity index (χ0v) is 18.9. The summed E-state index contributed by atoms with van der Waals surface area (Å²) in [4.78, 5) is 11.5. The third kappa shape index (κ3) is 8.26. The summed E-state index contributed by atoms with van der Waals surface area (Å²) in [7, 11) is 0. The van der Waals surface area contributed by atoms with Gasteiger partial charge in [0.15, 0.2) is 6.29 Å². The lowest BCUT2D eigenvalue weighted by Gasteiger charge is -2.27. The first-order chi connectivity index (χ1) is 14.3. The number of allylic oxidation sites excluding steroid dienone is 1. The van der Waals surface area contributed by atoms with Crippen molar-refractivity contribution in [1.82, 2.24) is 0 Å². The average molecular weight is 431 g/mol. The van der Waals surface area contributed by atoms with Gasteiger partial charge in [0.25, 0.3) is 5.92 Å². The molecule has 0 amide bonds. The number of carbonyl (C=O) groups excluding carboxylic acids is 1. The molecule has 2 rings (SSSR count). The van der Waals surface area contributed by atoms with Gasteiger partial charge in [-0.3, -0.25) is 4.79 Å². The van der Waals surface area contributed by atoms with Crippen LogP contribution >= 0.6 is 0 Å². The third-order valence-corrected chi connectivity index (χ3v) is 6.58. The van der Waals surface area contributed by atoms with Gasteiger partial charge in [-0.25, -0.2) is 8.78 Å². The molecular formula is C24H40F2O4. The normalized spacial score (nSPS) is 26.9. The van der Waals surface area contributed by atoms with Crippen LogP contribution in [0.5, 0.6) is 0 Å². The highest BCUT2D eigenvalue weighted by atomic mass is 19.3. The molecule has 0 spiro atoms. The molecule has 1 saturated carbocycles. The minimum atomic E-state index is -2.60. The maximum atomic E-state index is 14.3. The maximum Gasteiger partial charge on any atom is 0.302 e. The summed E-state index contributed by atoms with van der Waals surface area (Å²) in [5.41, 5.74) is 0.